The van der Waals surface area contributed by atoms with Crippen molar-refractivity contribution >= 4 is 29.1 Å². The lowest BCUT2D eigenvalue weighted by Gasteiger charge is -2.38. The Labute approximate surface area is 283 Å². The number of hydrogen-bond donors (Lipinski definition) is 2. The number of hydrogen-bond acceptors (Lipinski definition) is 6. The summed E-state index contributed by atoms with van der Waals surface area (Å²) in [6, 6.07) is 20.6. The summed E-state index contributed by atoms with van der Waals surface area (Å²) in [7, 11) is 3.34. The number of likely N-dealkylation sites (N-methyl/N-ethyl adjacent to an activating group) is 2. The molecule has 0 bridgehead atoms. The predicted octanol–water partition coefficient (Wildman–Crippen LogP) is 5.30. The summed E-state index contributed by atoms with van der Waals surface area (Å²) in [6.45, 7) is 6.61. The Hall–Kier alpha value is -3.79. The number of thiophene rings is 1. The molecule has 1 aliphatic heterocycles. The minimum Gasteiger partial charge on any atom is -0.393 e. The van der Waals surface area contributed by atoms with Crippen molar-refractivity contribution in [3.63, 3.8) is 0 Å². The van der Waals surface area contributed by atoms with E-state index in [-0.39, 0.29) is 24.1 Å². The Morgan fingerprint density at radius 1 is 0.957 bits per heavy atom. The summed E-state index contributed by atoms with van der Waals surface area (Å²) in [5.74, 6) is -0.698. The van der Waals surface area contributed by atoms with Crippen molar-refractivity contribution in [3.8, 4) is 11.1 Å². The standard InChI is InChI=1S/C38H50N4O4S/c1-27(26-38(2,3)39)24-35(44)40(4)34(25-28-13-15-30(16-14-28)29-10-7-6-8-11-29)36(45)41(5)33(18-17-32-12-9-23-47-32)37(46)42-21-19-31(43)20-22-42/h6-16,23-24,31,33-34,43H,17-22,25-26,39H2,1-5H3/b27-24+/t33-,34-/m1/s1. The second-order valence-electron chi connectivity index (χ2n) is 13.5. The van der Waals surface area contributed by atoms with E-state index in [0.29, 0.717) is 45.2 Å². The van der Waals surface area contributed by atoms with Gasteiger partial charge in [0.1, 0.15) is 12.1 Å². The van der Waals surface area contributed by atoms with E-state index in [1.165, 1.54) is 4.90 Å². The molecule has 1 fully saturated rings. The topological polar surface area (TPSA) is 107 Å². The minimum absolute atomic E-state index is 0.120. The highest BCUT2D eigenvalue weighted by Gasteiger charge is 2.37. The molecule has 9 heteroatoms. The van der Waals surface area contributed by atoms with Crippen molar-refractivity contribution < 1.29 is 19.5 Å². The molecule has 0 spiro atoms. The SMILES string of the molecule is C/C(=C\C(=O)N(C)[C@H](Cc1ccc(-c2ccccc2)cc1)C(=O)N(C)[C@H](CCc1cccs1)C(=O)N1CCC(O)CC1)CC(C)(C)N. The number of piperidine rings is 1. The largest absolute Gasteiger partial charge is 0.393 e. The molecule has 0 radical (unpaired) electrons. The molecule has 2 heterocycles. The number of aryl methyl sites for hydroxylation is 1. The molecule has 1 aromatic heterocycles. The first kappa shape index (κ1) is 36.1. The van der Waals surface area contributed by atoms with Gasteiger partial charge in [-0.3, -0.25) is 14.4 Å². The molecule has 3 amide bonds. The summed E-state index contributed by atoms with van der Waals surface area (Å²) in [5, 5.41) is 12.1. The smallest absolute Gasteiger partial charge is 0.246 e. The molecule has 2 aromatic carbocycles. The molecule has 4 rings (SSSR count). The van der Waals surface area contributed by atoms with Crippen molar-refractivity contribution in [1.29, 1.82) is 0 Å². The number of nitrogens with two attached hydrogens (primary N) is 1. The Kier molecular flexibility index (Phi) is 12.5. The first-order valence-corrected chi connectivity index (χ1v) is 17.3. The molecule has 1 saturated heterocycles. The van der Waals surface area contributed by atoms with Crippen molar-refractivity contribution in [2.24, 2.45) is 5.73 Å². The number of aliphatic hydroxyl groups excluding tert-OH is 1. The maximum Gasteiger partial charge on any atom is 0.246 e. The first-order chi connectivity index (χ1) is 22.3. The van der Waals surface area contributed by atoms with Crippen LogP contribution in [0, 0.1) is 0 Å². The van der Waals surface area contributed by atoms with Crippen LogP contribution in [0.25, 0.3) is 11.1 Å². The van der Waals surface area contributed by atoms with Gasteiger partial charge in [-0.1, -0.05) is 66.2 Å². The Morgan fingerprint density at radius 2 is 1.60 bits per heavy atom. The maximum absolute atomic E-state index is 14.5. The molecule has 1 aliphatic rings. The minimum atomic E-state index is -0.842. The van der Waals surface area contributed by atoms with Crippen molar-refractivity contribution in [1.82, 2.24) is 14.7 Å². The van der Waals surface area contributed by atoms with E-state index < -0.39 is 23.7 Å². The average molecular weight is 659 g/mol. The predicted molar refractivity (Wildman–Crippen MR) is 190 cm³/mol. The summed E-state index contributed by atoms with van der Waals surface area (Å²) in [6.07, 6.45) is 4.12. The average Bonchev–Trinajstić information content (AvgIpc) is 3.57. The Bertz CT molecular complexity index is 1490. The van der Waals surface area contributed by atoms with Crippen LogP contribution in [-0.2, 0) is 27.2 Å². The van der Waals surface area contributed by atoms with Crippen molar-refractivity contribution in [3.05, 3.63) is 94.2 Å². The van der Waals surface area contributed by atoms with Crippen LogP contribution < -0.4 is 5.73 Å². The molecule has 252 valence electrons. The van der Waals surface area contributed by atoms with E-state index in [9.17, 15) is 19.5 Å². The van der Waals surface area contributed by atoms with Crippen LogP contribution in [-0.4, -0.2) is 88.4 Å². The fourth-order valence-electron chi connectivity index (χ4n) is 6.22. The summed E-state index contributed by atoms with van der Waals surface area (Å²) in [4.78, 5) is 48.1. The summed E-state index contributed by atoms with van der Waals surface area (Å²) >= 11 is 1.63. The number of carbonyl (C=O) groups is 3. The zero-order valence-corrected chi connectivity index (χ0v) is 29.2. The fraction of sp³-hybridized carbons (Fsp3) is 0.447. The molecule has 0 unspecified atom stereocenters. The van der Waals surface area contributed by atoms with Crippen molar-refractivity contribution in [2.45, 2.75) is 83.0 Å². The van der Waals surface area contributed by atoms with E-state index >= 15 is 0 Å². The van der Waals surface area contributed by atoms with Gasteiger partial charge in [-0.25, -0.2) is 0 Å². The Morgan fingerprint density at radius 3 is 2.19 bits per heavy atom. The lowest BCUT2D eigenvalue weighted by Crippen LogP contribution is -2.56. The normalized spacial score (nSPS) is 15.6. The third-order valence-corrected chi connectivity index (χ3v) is 9.75. The van der Waals surface area contributed by atoms with Gasteiger partial charge in [-0.2, -0.15) is 0 Å². The van der Waals surface area contributed by atoms with Gasteiger partial charge < -0.3 is 25.5 Å². The van der Waals surface area contributed by atoms with Gasteiger partial charge in [-0.15, -0.1) is 11.3 Å². The number of benzene rings is 2. The lowest BCUT2D eigenvalue weighted by molar-refractivity contribution is -0.150. The highest BCUT2D eigenvalue weighted by Crippen LogP contribution is 2.23. The highest BCUT2D eigenvalue weighted by molar-refractivity contribution is 7.09. The number of likely N-dealkylation sites (tertiary alicyclic amines) is 1. The van der Waals surface area contributed by atoms with Crippen LogP contribution in [0.1, 0.15) is 56.9 Å². The Balaban J connectivity index is 1.63. The maximum atomic E-state index is 14.5. The lowest BCUT2D eigenvalue weighted by atomic mass is 9.96. The summed E-state index contributed by atoms with van der Waals surface area (Å²) < 4.78 is 0. The molecular formula is C38H50N4O4S. The van der Waals surface area contributed by atoms with Crippen LogP contribution in [0.3, 0.4) is 0 Å². The van der Waals surface area contributed by atoms with E-state index in [0.717, 1.165) is 27.1 Å². The van der Waals surface area contributed by atoms with Crippen LogP contribution in [0.5, 0.6) is 0 Å². The monoisotopic (exact) mass is 658 g/mol. The summed E-state index contributed by atoms with van der Waals surface area (Å²) in [5.41, 5.74) is 9.63. The second-order valence-corrected chi connectivity index (χ2v) is 14.6. The number of nitrogens with zero attached hydrogens (tertiary/aromatic N) is 3. The zero-order chi connectivity index (χ0) is 34.1. The highest BCUT2D eigenvalue weighted by atomic mass is 32.1. The van der Waals surface area contributed by atoms with E-state index in [1.54, 1.807) is 41.3 Å². The molecule has 3 aromatic rings. The van der Waals surface area contributed by atoms with Crippen molar-refractivity contribution in [2.75, 3.05) is 27.2 Å². The van der Waals surface area contributed by atoms with Gasteiger partial charge in [0.2, 0.25) is 17.7 Å². The quantitative estimate of drug-likeness (QED) is 0.243. The van der Waals surface area contributed by atoms with Gasteiger partial charge >= 0.3 is 0 Å². The fourth-order valence-corrected chi connectivity index (χ4v) is 6.94. The molecule has 3 N–H and O–H groups in total. The van der Waals surface area contributed by atoms with Gasteiger partial charge in [-0.05, 0) is 81.0 Å². The van der Waals surface area contributed by atoms with Gasteiger partial charge in [0, 0.05) is 50.1 Å². The number of rotatable bonds is 13. The zero-order valence-electron chi connectivity index (χ0n) is 28.4. The molecular weight excluding hydrogens is 609 g/mol. The van der Waals surface area contributed by atoms with Crippen LogP contribution in [0.15, 0.2) is 83.8 Å². The van der Waals surface area contributed by atoms with Gasteiger partial charge in [0.05, 0.1) is 6.10 Å². The third-order valence-electron chi connectivity index (χ3n) is 8.82. The van der Waals surface area contributed by atoms with E-state index in [4.69, 9.17) is 5.73 Å². The van der Waals surface area contributed by atoms with E-state index in [1.807, 2.05) is 80.7 Å². The number of amides is 3. The van der Waals surface area contributed by atoms with Gasteiger partial charge in [0.15, 0.2) is 0 Å². The van der Waals surface area contributed by atoms with Gasteiger partial charge in [0.25, 0.3) is 0 Å². The first-order valence-electron chi connectivity index (χ1n) is 16.5. The third kappa shape index (κ3) is 10.3. The molecule has 2 atom stereocenters. The molecule has 0 aliphatic carbocycles. The van der Waals surface area contributed by atoms with E-state index in [2.05, 4.69) is 12.1 Å². The van der Waals surface area contributed by atoms with Crippen LogP contribution in [0.4, 0.5) is 0 Å². The molecule has 8 nitrogen and oxygen atoms in total. The van der Waals surface area contributed by atoms with Crippen LogP contribution >= 0.6 is 11.3 Å². The second kappa shape index (κ2) is 16.4. The molecule has 47 heavy (non-hydrogen) atoms. The molecule has 0 saturated carbocycles. The number of carbonyl (C=O) groups excluding carboxylic acids is 3. The number of aliphatic hydroxyl groups is 1. The van der Waals surface area contributed by atoms with Crippen LogP contribution in [0.2, 0.25) is 0 Å².